The molecule has 0 heterocycles. The topological polar surface area (TPSA) is 112 Å². The van der Waals surface area contributed by atoms with E-state index in [0.29, 0.717) is 12.2 Å². The van der Waals surface area contributed by atoms with Gasteiger partial charge in [-0.05, 0) is 0 Å². The second-order valence-electron chi connectivity index (χ2n) is 2.31. The van der Waals surface area contributed by atoms with E-state index in [0.717, 1.165) is 6.92 Å². The van der Waals surface area contributed by atoms with Gasteiger partial charge in [-0.15, -0.1) is 0 Å². The molecule has 0 unspecified atom stereocenters. The summed E-state index contributed by atoms with van der Waals surface area (Å²) in [5, 5.41) is 24.6. The van der Waals surface area contributed by atoms with E-state index in [1.165, 1.54) is 0 Å². The Labute approximate surface area is 104 Å². The first-order chi connectivity index (χ1) is 6.34. The average molecular weight is 226 g/mol. The van der Waals surface area contributed by atoms with Crippen LogP contribution >= 0.6 is 0 Å². The molecule has 6 nitrogen and oxygen atoms in total. The smallest absolute Gasteiger partial charge is 1.00 e. The maximum atomic E-state index is 10.4. The fraction of sp³-hybridized carbons (Fsp3) is 0.125. The first-order valence-corrected chi connectivity index (χ1v) is 3.44. The fourth-order valence-corrected chi connectivity index (χ4v) is 0.538. The molecule has 0 saturated carbocycles. The van der Waals surface area contributed by atoms with Crippen LogP contribution in [0.3, 0.4) is 0 Å². The van der Waals surface area contributed by atoms with Crippen LogP contribution in [0.4, 0.5) is 0 Å². The number of carbonyl (C=O) groups is 3. The molecule has 0 bridgehead atoms. The van der Waals surface area contributed by atoms with Crippen LogP contribution in [0.25, 0.3) is 0 Å². The van der Waals surface area contributed by atoms with E-state index in [9.17, 15) is 9.59 Å². The summed E-state index contributed by atoms with van der Waals surface area (Å²) < 4.78 is 0. The van der Waals surface area contributed by atoms with E-state index in [2.05, 4.69) is 0 Å². The molecule has 0 saturated heterocycles. The molecule has 0 aromatic heterocycles. The predicted molar refractivity (Wildman–Crippen MR) is 52.7 cm³/mol. The van der Waals surface area contributed by atoms with E-state index >= 15 is 0 Å². The Bertz CT molecular complexity index is 318. The largest absolute Gasteiger partial charge is 2.00 e. The molecule has 0 fully saturated rings. The molecule has 3 N–H and O–H groups in total. The number of hydrogen-bond acceptors (Lipinski definition) is 5. The second kappa shape index (κ2) is 7.02. The van der Waals surface area contributed by atoms with E-state index in [1.807, 2.05) is 0 Å². The molecule has 0 aromatic rings. The van der Waals surface area contributed by atoms with Crippen molar-refractivity contribution < 1.29 is 32.6 Å². The van der Waals surface area contributed by atoms with Gasteiger partial charge in [0.15, 0.2) is 11.5 Å². The molecule has 80 valence electrons. The summed E-state index contributed by atoms with van der Waals surface area (Å²) in [4.78, 5) is 29.9. The van der Waals surface area contributed by atoms with Gasteiger partial charge in [0.2, 0.25) is 11.6 Å². The quantitative estimate of drug-likeness (QED) is 0.395. The summed E-state index contributed by atoms with van der Waals surface area (Å²) in [5.74, 6) is -3.61. The molecule has 1 aliphatic rings. The Morgan fingerprint density at radius 1 is 1.13 bits per heavy atom. The summed E-state index contributed by atoms with van der Waals surface area (Å²) in [6, 6.07) is 0. The minimum absolute atomic E-state index is 0. The zero-order valence-electron chi connectivity index (χ0n) is 9.93. The molecule has 0 aromatic carbocycles. The fourth-order valence-electron chi connectivity index (χ4n) is 0.538. The zero-order chi connectivity index (χ0) is 11.3. The Morgan fingerprint density at radius 2 is 1.33 bits per heavy atom. The molecule has 15 heavy (non-hydrogen) atoms. The van der Waals surface area contributed by atoms with Crippen molar-refractivity contribution in [3.8, 4) is 0 Å². The minimum atomic E-state index is -0.833. The third-order valence-electron chi connectivity index (χ3n) is 1.04. The van der Waals surface area contributed by atoms with Gasteiger partial charge in [-0.3, -0.25) is 14.4 Å². The monoisotopic (exact) mass is 226 g/mol. The zero-order valence-corrected chi connectivity index (χ0v) is 9.34. The van der Waals surface area contributed by atoms with Crippen molar-refractivity contribution in [3.05, 3.63) is 23.7 Å². The van der Waals surface area contributed by atoms with Gasteiger partial charge in [0.05, 0.1) is 0 Å². The third kappa shape index (κ3) is 6.69. The van der Waals surface area contributed by atoms with Crippen LogP contribution in [0.2, 0.25) is 0 Å². The van der Waals surface area contributed by atoms with Crippen molar-refractivity contribution in [1.29, 1.82) is 0 Å². The first kappa shape index (κ1) is 16.1. The van der Waals surface area contributed by atoms with Crippen molar-refractivity contribution in [2.75, 3.05) is 0 Å². The molecule has 7 heteroatoms. The summed E-state index contributed by atoms with van der Waals surface area (Å²) in [7, 11) is 0. The van der Waals surface area contributed by atoms with Crippen molar-refractivity contribution >= 4 is 40.6 Å². The Balaban J connectivity index is -0.000000108. The van der Waals surface area contributed by atoms with Crippen molar-refractivity contribution in [2.45, 2.75) is 6.92 Å². The molecular weight excluding hydrogens is 216 g/mol. The molecule has 1 rings (SSSR count). The number of carboxylic acids is 1. The molecule has 0 radical (unpaired) electrons. The van der Waals surface area contributed by atoms with Crippen molar-refractivity contribution in [3.63, 3.8) is 0 Å². The van der Waals surface area contributed by atoms with Crippen LogP contribution in [0.15, 0.2) is 23.7 Å². The minimum Gasteiger partial charge on any atom is -1.00 e. The average Bonchev–Trinajstić information content (AvgIpc) is 2.00. The van der Waals surface area contributed by atoms with E-state index in [1.54, 1.807) is 0 Å². The van der Waals surface area contributed by atoms with Gasteiger partial charge in [-0.25, -0.2) is 0 Å². The van der Waals surface area contributed by atoms with Crippen molar-refractivity contribution in [1.82, 2.24) is 0 Å². The number of aliphatic hydroxyl groups is 2. The van der Waals surface area contributed by atoms with Crippen molar-refractivity contribution in [2.24, 2.45) is 0 Å². The van der Waals surface area contributed by atoms with E-state index < -0.39 is 29.1 Å². The number of carbonyl (C=O) groups excluding carboxylic acids is 2. The maximum Gasteiger partial charge on any atom is 2.00 e. The number of rotatable bonds is 0. The summed E-state index contributed by atoms with van der Waals surface area (Å²) >= 11 is 0. The van der Waals surface area contributed by atoms with Crippen LogP contribution in [-0.2, 0) is 14.4 Å². The number of ketones is 2. The molecular formula is C8H10MgO6. The summed E-state index contributed by atoms with van der Waals surface area (Å²) in [5.41, 5.74) is 0. The van der Waals surface area contributed by atoms with Crippen LogP contribution in [-0.4, -0.2) is 55.9 Å². The summed E-state index contributed by atoms with van der Waals surface area (Å²) in [6.07, 6.45) is 1.36. The molecule has 0 aliphatic heterocycles. The van der Waals surface area contributed by atoms with Gasteiger partial charge in [0, 0.05) is 19.1 Å². The summed E-state index contributed by atoms with van der Waals surface area (Å²) in [6.45, 7) is 1.08. The van der Waals surface area contributed by atoms with Crippen LogP contribution in [0.5, 0.6) is 0 Å². The number of aliphatic carboxylic acids is 1. The number of allylic oxidation sites excluding steroid dienone is 2. The Kier molecular flexibility index (Phi) is 7.53. The number of hydrogen-bond donors (Lipinski definition) is 3. The molecule has 1 aliphatic carbocycles. The van der Waals surface area contributed by atoms with Crippen LogP contribution in [0.1, 0.15) is 9.78 Å². The first-order valence-electron chi connectivity index (χ1n) is 3.44. The molecule has 0 amide bonds. The maximum absolute atomic E-state index is 10.4. The van der Waals surface area contributed by atoms with Crippen LogP contribution < -0.4 is 0 Å². The van der Waals surface area contributed by atoms with Gasteiger partial charge in [-0.1, -0.05) is 0 Å². The Morgan fingerprint density at radius 3 is 1.53 bits per heavy atom. The standard InChI is InChI=1S/C6H4O4.C2H4O2.Mg.2H/c7-3-1-4(8)6(10)2-5(3)9;1-2(3)4;;;/h1-2,7,10H;1H3,(H,3,4);;;/q;;+2;2*-1. The SMILES string of the molecule is CC(=O)O.O=C1C=C(O)C(=O)C=C1O.[H-].[H-].[Mg+2]. The van der Waals surface area contributed by atoms with Gasteiger partial charge in [0.25, 0.3) is 5.97 Å². The van der Waals surface area contributed by atoms with Crippen LogP contribution in [0, 0.1) is 0 Å². The third-order valence-corrected chi connectivity index (χ3v) is 1.04. The second-order valence-corrected chi connectivity index (χ2v) is 2.31. The predicted octanol–water partition coefficient (Wildman–Crippen LogP) is -0.0429. The van der Waals surface area contributed by atoms with E-state index in [-0.39, 0.29) is 25.9 Å². The molecule has 0 atom stereocenters. The van der Waals surface area contributed by atoms with Gasteiger partial charge >= 0.3 is 23.1 Å². The molecule has 0 spiro atoms. The number of carboxylic acid groups (broad SMARTS) is 1. The normalized spacial score (nSPS) is 13.9. The number of aliphatic hydroxyl groups excluding tert-OH is 2. The van der Waals surface area contributed by atoms with Gasteiger partial charge < -0.3 is 18.2 Å². The van der Waals surface area contributed by atoms with E-state index in [4.69, 9.17) is 20.1 Å². The Hall–Kier alpha value is -1.34. The van der Waals surface area contributed by atoms with Gasteiger partial charge in [0.1, 0.15) is 0 Å². The van der Waals surface area contributed by atoms with Gasteiger partial charge in [-0.2, -0.15) is 0 Å².